The second kappa shape index (κ2) is 9.62. The van der Waals surface area contributed by atoms with E-state index in [1.807, 2.05) is 12.1 Å². The van der Waals surface area contributed by atoms with Crippen LogP contribution in [0.5, 0.6) is 17.2 Å². The van der Waals surface area contributed by atoms with E-state index in [1.165, 1.54) is 0 Å². The lowest BCUT2D eigenvalue weighted by Crippen LogP contribution is -2.19. The fraction of sp³-hybridized carbons (Fsp3) is 0.333. The molecule has 1 amide bonds. The maximum absolute atomic E-state index is 12.3. The maximum atomic E-state index is 12.3. The zero-order valence-electron chi connectivity index (χ0n) is 16.4. The van der Waals surface area contributed by atoms with Gasteiger partial charge in [-0.25, -0.2) is 5.43 Å². The van der Waals surface area contributed by atoms with Gasteiger partial charge in [-0.15, -0.1) is 0 Å². The number of hydrazone groups is 1. The molecule has 0 aliphatic carbocycles. The van der Waals surface area contributed by atoms with E-state index >= 15 is 0 Å². The van der Waals surface area contributed by atoms with Crippen LogP contribution < -0.4 is 19.6 Å². The largest absolute Gasteiger partial charge is 0.497 e. The number of methoxy groups -OCH3 is 2. The SMILES string of the molecule is COc1ccc(/C(C)=N/NC(=O)c2ccc(OCC(C)C)cc2)c(OC)c1. The molecule has 0 aliphatic rings. The number of nitrogens with zero attached hydrogens (tertiary/aromatic N) is 1. The van der Waals surface area contributed by atoms with Gasteiger partial charge >= 0.3 is 0 Å². The summed E-state index contributed by atoms with van der Waals surface area (Å²) in [5.74, 6) is 2.20. The number of benzene rings is 2. The summed E-state index contributed by atoms with van der Waals surface area (Å²) in [6, 6.07) is 12.4. The number of hydrogen-bond donors (Lipinski definition) is 1. The standard InChI is InChI=1S/C21H26N2O4/c1-14(2)13-27-17-8-6-16(7-9-17)21(24)23-22-15(3)19-11-10-18(25-4)12-20(19)26-5/h6-12,14H,13H2,1-5H3,(H,23,24)/b22-15+. The van der Waals surface area contributed by atoms with Crippen LogP contribution in [-0.2, 0) is 0 Å². The van der Waals surface area contributed by atoms with Gasteiger partial charge in [0.25, 0.3) is 5.91 Å². The first-order valence-electron chi connectivity index (χ1n) is 8.74. The van der Waals surface area contributed by atoms with Gasteiger partial charge in [-0.1, -0.05) is 13.8 Å². The molecule has 0 saturated heterocycles. The Labute approximate surface area is 160 Å². The van der Waals surface area contributed by atoms with Gasteiger partial charge in [0.1, 0.15) is 17.2 Å². The van der Waals surface area contributed by atoms with Gasteiger partial charge in [-0.2, -0.15) is 5.10 Å². The molecule has 144 valence electrons. The lowest BCUT2D eigenvalue weighted by Gasteiger charge is -2.10. The van der Waals surface area contributed by atoms with Crippen LogP contribution in [-0.4, -0.2) is 32.4 Å². The molecule has 0 heterocycles. The molecule has 0 bridgehead atoms. The molecule has 1 N–H and O–H groups in total. The van der Waals surface area contributed by atoms with Gasteiger partial charge in [0, 0.05) is 17.2 Å². The fourth-order valence-electron chi connectivity index (χ4n) is 2.32. The Hall–Kier alpha value is -3.02. The Bertz CT molecular complexity index is 798. The van der Waals surface area contributed by atoms with Gasteiger partial charge in [0.15, 0.2) is 0 Å². The molecule has 0 spiro atoms. The minimum Gasteiger partial charge on any atom is -0.497 e. The number of amides is 1. The van der Waals surface area contributed by atoms with Crippen LogP contribution in [0.15, 0.2) is 47.6 Å². The summed E-state index contributed by atoms with van der Waals surface area (Å²) >= 11 is 0. The van der Waals surface area contributed by atoms with Gasteiger partial charge in [0.05, 0.1) is 26.5 Å². The van der Waals surface area contributed by atoms with Gasteiger partial charge in [-0.3, -0.25) is 4.79 Å². The number of carbonyl (C=O) groups is 1. The number of hydrogen-bond acceptors (Lipinski definition) is 5. The molecule has 0 aliphatic heterocycles. The van der Waals surface area contributed by atoms with Crippen molar-refractivity contribution in [1.29, 1.82) is 0 Å². The molecule has 0 aromatic heterocycles. The first kappa shape index (κ1) is 20.3. The second-order valence-electron chi connectivity index (χ2n) is 6.43. The zero-order chi connectivity index (χ0) is 19.8. The second-order valence-corrected chi connectivity index (χ2v) is 6.43. The number of nitrogens with one attached hydrogen (secondary N) is 1. The van der Waals surface area contributed by atoms with Crippen molar-refractivity contribution in [3.63, 3.8) is 0 Å². The van der Waals surface area contributed by atoms with Crippen molar-refractivity contribution >= 4 is 11.6 Å². The normalized spacial score (nSPS) is 11.3. The van der Waals surface area contributed by atoms with Crippen LogP contribution in [0.3, 0.4) is 0 Å². The topological polar surface area (TPSA) is 69.2 Å². The Balaban J connectivity index is 2.05. The molecule has 6 heteroatoms. The maximum Gasteiger partial charge on any atom is 0.271 e. The first-order chi connectivity index (χ1) is 12.9. The van der Waals surface area contributed by atoms with Crippen molar-refractivity contribution in [2.24, 2.45) is 11.0 Å². The molecule has 0 unspecified atom stereocenters. The highest BCUT2D eigenvalue weighted by molar-refractivity contribution is 6.02. The lowest BCUT2D eigenvalue weighted by molar-refractivity contribution is 0.0954. The first-order valence-corrected chi connectivity index (χ1v) is 8.74. The molecule has 0 atom stereocenters. The molecule has 2 rings (SSSR count). The minimum absolute atomic E-state index is 0.294. The van der Waals surface area contributed by atoms with Crippen molar-refractivity contribution < 1.29 is 19.0 Å². The molecular formula is C21H26N2O4. The van der Waals surface area contributed by atoms with Gasteiger partial charge in [-0.05, 0) is 49.2 Å². The summed E-state index contributed by atoms with van der Waals surface area (Å²) in [6.07, 6.45) is 0. The summed E-state index contributed by atoms with van der Waals surface area (Å²) < 4.78 is 16.2. The monoisotopic (exact) mass is 370 g/mol. The van der Waals surface area contributed by atoms with Crippen molar-refractivity contribution in [3.05, 3.63) is 53.6 Å². The van der Waals surface area contributed by atoms with Crippen LogP contribution in [0, 0.1) is 5.92 Å². The Kier molecular flexibility index (Phi) is 7.23. The van der Waals surface area contributed by atoms with E-state index in [2.05, 4.69) is 24.4 Å². The molecule has 2 aromatic carbocycles. The number of ether oxygens (including phenoxy) is 3. The summed E-state index contributed by atoms with van der Waals surface area (Å²) in [5, 5.41) is 4.18. The van der Waals surface area contributed by atoms with Crippen molar-refractivity contribution in [3.8, 4) is 17.2 Å². The Morgan fingerprint density at radius 1 is 1.04 bits per heavy atom. The summed E-state index contributed by atoms with van der Waals surface area (Å²) in [4.78, 5) is 12.3. The Morgan fingerprint density at radius 3 is 2.30 bits per heavy atom. The third kappa shape index (κ3) is 5.74. The zero-order valence-corrected chi connectivity index (χ0v) is 16.4. The number of carbonyl (C=O) groups excluding carboxylic acids is 1. The predicted octanol–water partition coefficient (Wildman–Crippen LogP) is 3.89. The minimum atomic E-state index is -0.294. The van der Waals surface area contributed by atoms with Crippen LogP contribution in [0.25, 0.3) is 0 Å². The Morgan fingerprint density at radius 2 is 1.70 bits per heavy atom. The van der Waals surface area contributed by atoms with Gasteiger partial charge < -0.3 is 14.2 Å². The van der Waals surface area contributed by atoms with E-state index in [0.29, 0.717) is 35.3 Å². The van der Waals surface area contributed by atoms with E-state index in [9.17, 15) is 4.79 Å². The molecule has 0 radical (unpaired) electrons. The van der Waals surface area contributed by atoms with E-state index in [1.54, 1.807) is 51.5 Å². The third-order valence-electron chi connectivity index (χ3n) is 3.82. The average Bonchev–Trinajstić information content (AvgIpc) is 2.69. The molecule has 2 aromatic rings. The average molecular weight is 370 g/mol. The molecule has 6 nitrogen and oxygen atoms in total. The van der Waals surface area contributed by atoms with E-state index in [-0.39, 0.29) is 5.91 Å². The molecular weight excluding hydrogens is 344 g/mol. The summed E-state index contributed by atoms with van der Waals surface area (Å²) in [6.45, 7) is 6.60. The highest BCUT2D eigenvalue weighted by atomic mass is 16.5. The lowest BCUT2D eigenvalue weighted by atomic mass is 10.1. The molecule has 0 saturated carbocycles. The predicted molar refractivity (Wildman–Crippen MR) is 106 cm³/mol. The highest BCUT2D eigenvalue weighted by Crippen LogP contribution is 2.25. The molecule has 27 heavy (non-hydrogen) atoms. The number of rotatable bonds is 8. The van der Waals surface area contributed by atoms with Crippen molar-refractivity contribution in [2.75, 3.05) is 20.8 Å². The van der Waals surface area contributed by atoms with Crippen molar-refractivity contribution in [1.82, 2.24) is 5.43 Å². The third-order valence-corrected chi connectivity index (χ3v) is 3.82. The van der Waals surface area contributed by atoms with Crippen LogP contribution in [0.2, 0.25) is 0 Å². The van der Waals surface area contributed by atoms with E-state index in [4.69, 9.17) is 14.2 Å². The molecule has 0 fully saturated rings. The van der Waals surface area contributed by atoms with Crippen LogP contribution in [0.1, 0.15) is 36.7 Å². The summed E-state index contributed by atoms with van der Waals surface area (Å²) in [7, 11) is 3.17. The van der Waals surface area contributed by atoms with Gasteiger partial charge in [0.2, 0.25) is 0 Å². The van der Waals surface area contributed by atoms with Crippen LogP contribution in [0.4, 0.5) is 0 Å². The van der Waals surface area contributed by atoms with E-state index in [0.717, 1.165) is 11.3 Å². The fourth-order valence-corrected chi connectivity index (χ4v) is 2.32. The van der Waals surface area contributed by atoms with Crippen molar-refractivity contribution in [2.45, 2.75) is 20.8 Å². The highest BCUT2D eigenvalue weighted by Gasteiger charge is 2.10. The summed E-state index contributed by atoms with van der Waals surface area (Å²) in [5.41, 5.74) is 4.47. The van der Waals surface area contributed by atoms with E-state index < -0.39 is 0 Å². The van der Waals surface area contributed by atoms with Crippen LogP contribution >= 0.6 is 0 Å². The quantitative estimate of drug-likeness (QED) is 0.565. The smallest absolute Gasteiger partial charge is 0.271 e.